The molecule has 1 aliphatic heterocycles. The highest BCUT2D eigenvalue weighted by Gasteiger charge is 2.17. The van der Waals surface area contributed by atoms with Crippen molar-refractivity contribution in [1.82, 2.24) is 10.2 Å². The predicted molar refractivity (Wildman–Crippen MR) is 77.0 cm³/mol. The summed E-state index contributed by atoms with van der Waals surface area (Å²) in [6, 6.07) is 0.715. The van der Waals surface area contributed by atoms with Gasteiger partial charge in [-0.1, -0.05) is 0 Å². The molecule has 102 valence electrons. The molecule has 1 N–H and O–H groups in total. The number of hydrogen-bond donors (Lipinski definition) is 1. The SMILES string of the molecule is COCCN(CCCCSC)CC1CCCN1. The third kappa shape index (κ3) is 7.29. The number of ether oxygens (including phenoxy) is 1. The molecule has 1 aliphatic rings. The molecule has 1 rings (SSSR count). The second-order valence-electron chi connectivity index (χ2n) is 4.79. The largest absolute Gasteiger partial charge is 0.383 e. The number of methoxy groups -OCH3 is 1. The molecule has 1 heterocycles. The third-order valence-corrected chi connectivity index (χ3v) is 4.02. The van der Waals surface area contributed by atoms with E-state index >= 15 is 0 Å². The highest BCUT2D eigenvalue weighted by atomic mass is 32.2. The Morgan fingerprint density at radius 1 is 1.35 bits per heavy atom. The van der Waals surface area contributed by atoms with Crippen molar-refractivity contribution in [3.63, 3.8) is 0 Å². The number of rotatable bonds is 10. The molecule has 1 saturated heterocycles. The zero-order valence-corrected chi connectivity index (χ0v) is 12.2. The second kappa shape index (κ2) is 10.2. The van der Waals surface area contributed by atoms with E-state index in [0.717, 1.165) is 13.2 Å². The fraction of sp³-hybridized carbons (Fsp3) is 1.00. The number of unbranched alkanes of at least 4 members (excludes halogenated alkanes) is 1. The van der Waals surface area contributed by atoms with Crippen LogP contribution in [0.3, 0.4) is 0 Å². The molecule has 0 aromatic heterocycles. The topological polar surface area (TPSA) is 24.5 Å². The van der Waals surface area contributed by atoms with E-state index in [1.165, 1.54) is 51.1 Å². The summed E-state index contributed by atoms with van der Waals surface area (Å²) in [5, 5.41) is 3.58. The van der Waals surface area contributed by atoms with Crippen molar-refractivity contribution in [2.24, 2.45) is 0 Å². The summed E-state index contributed by atoms with van der Waals surface area (Å²) in [5.41, 5.74) is 0. The fourth-order valence-electron chi connectivity index (χ4n) is 2.32. The lowest BCUT2D eigenvalue weighted by molar-refractivity contribution is 0.141. The molecule has 0 aromatic carbocycles. The zero-order valence-electron chi connectivity index (χ0n) is 11.4. The lowest BCUT2D eigenvalue weighted by atomic mass is 10.2. The van der Waals surface area contributed by atoms with Crippen LogP contribution in [0.2, 0.25) is 0 Å². The Kier molecular flexibility index (Phi) is 9.16. The molecule has 0 bridgehead atoms. The number of nitrogens with zero attached hydrogens (tertiary/aromatic N) is 1. The summed E-state index contributed by atoms with van der Waals surface area (Å²) in [7, 11) is 1.79. The highest BCUT2D eigenvalue weighted by molar-refractivity contribution is 7.98. The van der Waals surface area contributed by atoms with E-state index in [-0.39, 0.29) is 0 Å². The van der Waals surface area contributed by atoms with Crippen LogP contribution in [-0.4, -0.2) is 62.8 Å². The van der Waals surface area contributed by atoms with Crippen LogP contribution in [0.4, 0.5) is 0 Å². The van der Waals surface area contributed by atoms with E-state index in [1.807, 2.05) is 11.8 Å². The average Bonchev–Trinajstić information content (AvgIpc) is 2.84. The molecule has 17 heavy (non-hydrogen) atoms. The van der Waals surface area contributed by atoms with E-state index in [9.17, 15) is 0 Å². The van der Waals surface area contributed by atoms with Crippen molar-refractivity contribution in [2.45, 2.75) is 31.7 Å². The molecule has 1 atom stereocenters. The van der Waals surface area contributed by atoms with Gasteiger partial charge in [0.1, 0.15) is 0 Å². The summed E-state index contributed by atoms with van der Waals surface area (Å²) in [5.74, 6) is 1.29. The van der Waals surface area contributed by atoms with Crippen molar-refractivity contribution >= 4 is 11.8 Å². The standard InChI is InChI=1S/C13H28N2OS/c1-16-10-9-15(8-3-4-11-17-2)12-13-6-5-7-14-13/h13-14H,3-12H2,1-2H3. The van der Waals surface area contributed by atoms with Crippen molar-refractivity contribution in [1.29, 1.82) is 0 Å². The Hall–Kier alpha value is 0.230. The molecule has 0 aromatic rings. The minimum Gasteiger partial charge on any atom is -0.383 e. The molecule has 1 fully saturated rings. The van der Waals surface area contributed by atoms with Crippen molar-refractivity contribution in [3.8, 4) is 0 Å². The van der Waals surface area contributed by atoms with Gasteiger partial charge in [0.15, 0.2) is 0 Å². The number of nitrogens with one attached hydrogen (secondary N) is 1. The first-order valence-corrected chi connectivity index (χ1v) is 8.20. The van der Waals surface area contributed by atoms with Gasteiger partial charge in [0, 0.05) is 26.2 Å². The molecule has 4 heteroatoms. The van der Waals surface area contributed by atoms with Crippen molar-refractivity contribution in [3.05, 3.63) is 0 Å². The average molecular weight is 260 g/mol. The van der Waals surface area contributed by atoms with Gasteiger partial charge >= 0.3 is 0 Å². The first-order chi connectivity index (χ1) is 8.36. The molecule has 0 amide bonds. The minimum atomic E-state index is 0.715. The summed E-state index contributed by atoms with van der Waals surface area (Å²) < 4.78 is 5.20. The van der Waals surface area contributed by atoms with Gasteiger partial charge in [-0.05, 0) is 50.8 Å². The van der Waals surface area contributed by atoms with Gasteiger partial charge in [0.05, 0.1) is 6.61 Å². The Morgan fingerprint density at radius 3 is 2.88 bits per heavy atom. The minimum absolute atomic E-state index is 0.715. The monoisotopic (exact) mass is 260 g/mol. The quantitative estimate of drug-likeness (QED) is 0.606. The molecule has 3 nitrogen and oxygen atoms in total. The first-order valence-electron chi connectivity index (χ1n) is 6.80. The summed E-state index contributed by atoms with van der Waals surface area (Å²) in [6.45, 7) is 5.56. The van der Waals surface area contributed by atoms with Gasteiger partial charge < -0.3 is 10.1 Å². The summed E-state index contributed by atoms with van der Waals surface area (Å²) in [6.07, 6.45) is 7.52. The smallest absolute Gasteiger partial charge is 0.0589 e. The van der Waals surface area contributed by atoms with Gasteiger partial charge in [0.25, 0.3) is 0 Å². The maximum absolute atomic E-state index is 5.20. The van der Waals surface area contributed by atoms with Gasteiger partial charge in [-0.25, -0.2) is 0 Å². The molecule has 1 unspecified atom stereocenters. The van der Waals surface area contributed by atoms with E-state index in [4.69, 9.17) is 4.74 Å². The van der Waals surface area contributed by atoms with Gasteiger partial charge in [-0.3, -0.25) is 4.90 Å². The number of hydrogen-bond acceptors (Lipinski definition) is 4. The van der Waals surface area contributed by atoms with Crippen LogP contribution in [0.1, 0.15) is 25.7 Å². The van der Waals surface area contributed by atoms with Crippen LogP contribution in [0.25, 0.3) is 0 Å². The molecule has 0 radical (unpaired) electrons. The lowest BCUT2D eigenvalue weighted by Crippen LogP contribution is -2.39. The van der Waals surface area contributed by atoms with E-state index in [2.05, 4.69) is 16.5 Å². The van der Waals surface area contributed by atoms with Crippen LogP contribution in [0.5, 0.6) is 0 Å². The van der Waals surface area contributed by atoms with E-state index in [1.54, 1.807) is 7.11 Å². The fourth-order valence-corrected chi connectivity index (χ4v) is 2.81. The van der Waals surface area contributed by atoms with Crippen LogP contribution in [0, 0.1) is 0 Å². The van der Waals surface area contributed by atoms with E-state index < -0.39 is 0 Å². The van der Waals surface area contributed by atoms with Crippen molar-refractivity contribution in [2.75, 3.05) is 51.9 Å². The van der Waals surface area contributed by atoms with Gasteiger partial charge in [-0.2, -0.15) is 11.8 Å². The maximum Gasteiger partial charge on any atom is 0.0589 e. The van der Waals surface area contributed by atoms with Crippen LogP contribution < -0.4 is 5.32 Å². The Morgan fingerprint density at radius 2 is 2.24 bits per heavy atom. The highest BCUT2D eigenvalue weighted by Crippen LogP contribution is 2.08. The molecular formula is C13H28N2OS. The predicted octanol–water partition coefficient (Wildman–Crippen LogP) is 1.83. The van der Waals surface area contributed by atoms with Crippen LogP contribution >= 0.6 is 11.8 Å². The normalized spacial score (nSPS) is 20.3. The third-order valence-electron chi connectivity index (χ3n) is 3.33. The maximum atomic E-state index is 5.20. The lowest BCUT2D eigenvalue weighted by Gasteiger charge is -2.25. The molecular weight excluding hydrogens is 232 g/mol. The van der Waals surface area contributed by atoms with Gasteiger partial charge in [0.2, 0.25) is 0 Å². The molecule has 0 saturated carbocycles. The van der Waals surface area contributed by atoms with E-state index in [0.29, 0.717) is 6.04 Å². The second-order valence-corrected chi connectivity index (χ2v) is 5.77. The molecule has 0 spiro atoms. The van der Waals surface area contributed by atoms with Gasteiger partial charge in [-0.15, -0.1) is 0 Å². The Bertz CT molecular complexity index is 175. The Labute approximate surface area is 111 Å². The summed E-state index contributed by atoms with van der Waals surface area (Å²) >= 11 is 1.95. The van der Waals surface area contributed by atoms with Crippen LogP contribution in [-0.2, 0) is 4.74 Å². The molecule has 0 aliphatic carbocycles. The summed E-state index contributed by atoms with van der Waals surface area (Å²) in [4.78, 5) is 2.56. The van der Waals surface area contributed by atoms with Crippen molar-refractivity contribution < 1.29 is 4.74 Å². The van der Waals surface area contributed by atoms with Crippen LogP contribution in [0.15, 0.2) is 0 Å². The Balaban J connectivity index is 2.16. The first kappa shape index (κ1) is 15.3. The number of thioether (sulfide) groups is 1. The zero-order chi connectivity index (χ0) is 12.3.